The van der Waals surface area contributed by atoms with Gasteiger partial charge in [0.05, 0.1) is 13.2 Å². The van der Waals surface area contributed by atoms with Crippen molar-refractivity contribution in [1.82, 2.24) is 24.8 Å². The van der Waals surface area contributed by atoms with Crippen LogP contribution in [-0.2, 0) is 13.1 Å². The number of fused-ring (bicyclic) bond motifs is 1. The molecule has 1 aromatic carbocycles. The molecule has 2 aliphatic heterocycles. The van der Waals surface area contributed by atoms with E-state index in [0.717, 1.165) is 11.3 Å². The number of aromatic nitrogens is 4. The van der Waals surface area contributed by atoms with Crippen molar-refractivity contribution in [3.05, 3.63) is 52.3 Å². The minimum absolute atomic E-state index is 0.113. The summed E-state index contributed by atoms with van der Waals surface area (Å²) in [5.74, 6) is 0.420. The topological polar surface area (TPSA) is 133 Å². The van der Waals surface area contributed by atoms with Gasteiger partial charge < -0.3 is 39.4 Å². The van der Waals surface area contributed by atoms with Gasteiger partial charge in [0.1, 0.15) is 18.6 Å². The van der Waals surface area contributed by atoms with Crippen molar-refractivity contribution < 1.29 is 32.3 Å². The molecule has 3 aromatic rings. The van der Waals surface area contributed by atoms with E-state index in [2.05, 4.69) is 29.9 Å². The van der Waals surface area contributed by atoms with Crippen molar-refractivity contribution in [2.24, 2.45) is 0 Å². The number of nitro groups is 1. The second-order valence-corrected chi connectivity index (χ2v) is 8.90. The standard InChI is InChI=1S/C23H25F3N8O5/c1-37-20-15(10-27-16-12-33-13-19(34(35)36)29-22(33)38-14-16)11-28-21(30-20)32-8-6-31(7-9-32)17-2-4-18(5-3-17)39-23(24,25)26/h2-5,11,13,16,27H,6-10,12,14H2,1H3. The third-order valence-electron chi connectivity index (χ3n) is 6.33. The van der Waals surface area contributed by atoms with Gasteiger partial charge in [-0.3, -0.25) is 4.57 Å². The van der Waals surface area contributed by atoms with Crippen LogP contribution in [-0.4, -0.2) is 76.7 Å². The SMILES string of the molecule is COc1nc(N2CCN(c3ccc(OC(F)(F)F)cc3)CC2)ncc1CNC1COc2nc([N+](=O)[O-])cn2C1. The lowest BCUT2D eigenvalue weighted by Crippen LogP contribution is -2.47. The zero-order valence-corrected chi connectivity index (χ0v) is 20.8. The lowest BCUT2D eigenvalue weighted by Gasteiger charge is -2.36. The van der Waals surface area contributed by atoms with Crippen LogP contribution in [0, 0.1) is 10.1 Å². The predicted molar refractivity (Wildman–Crippen MR) is 131 cm³/mol. The fourth-order valence-electron chi connectivity index (χ4n) is 4.42. The second kappa shape index (κ2) is 10.8. The van der Waals surface area contributed by atoms with Crippen LogP contribution in [0.25, 0.3) is 0 Å². The highest BCUT2D eigenvalue weighted by Gasteiger charge is 2.31. The largest absolute Gasteiger partial charge is 0.573 e. The van der Waals surface area contributed by atoms with Gasteiger partial charge in [-0.25, -0.2) is 4.98 Å². The Kier molecular flexibility index (Phi) is 7.28. The number of rotatable bonds is 8. The molecule has 16 heteroatoms. The second-order valence-electron chi connectivity index (χ2n) is 8.90. The summed E-state index contributed by atoms with van der Waals surface area (Å²) in [4.78, 5) is 27.4. The summed E-state index contributed by atoms with van der Waals surface area (Å²) in [5, 5.41) is 14.3. The first-order chi connectivity index (χ1) is 18.7. The monoisotopic (exact) mass is 550 g/mol. The Bertz CT molecular complexity index is 1310. The third kappa shape index (κ3) is 6.22. The highest BCUT2D eigenvalue weighted by Crippen LogP contribution is 2.27. The number of halogens is 3. The van der Waals surface area contributed by atoms with Gasteiger partial charge in [-0.2, -0.15) is 4.98 Å². The maximum atomic E-state index is 12.4. The number of ether oxygens (including phenoxy) is 3. The van der Waals surface area contributed by atoms with Crippen LogP contribution in [0.15, 0.2) is 36.7 Å². The van der Waals surface area contributed by atoms with Gasteiger partial charge in [-0.1, -0.05) is 0 Å². The van der Waals surface area contributed by atoms with E-state index in [1.54, 1.807) is 22.9 Å². The minimum Gasteiger partial charge on any atom is -0.481 e. The fourth-order valence-corrected chi connectivity index (χ4v) is 4.42. The van der Waals surface area contributed by atoms with Crippen molar-refractivity contribution in [2.45, 2.75) is 25.5 Å². The molecular formula is C23H25F3N8O5. The van der Waals surface area contributed by atoms with Gasteiger partial charge in [0.25, 0.3) is 0 Å². The van der Waals surface area contributed by atoms with E-state index in [1.807, 2.05) is 4.90 Å². The van der Waals surface area contributed by atoms with Gasteiger partial charge in [0.2, 0.25) is 11.8 Å². The third-order valence-corrected chi connectivity index (χ3v) is 6.33. The zero-order chi connectivity index (χ0) is 27.6. The first-order valence-corrected chi connectivity index (χ1v) is 12.0. The first kappa shape index (κ1) is 26.3. The van der Waals surface area contributed by atoms with Crippen LogP contribution in [0.5, 0.6) is 17.6 Å². The molecule has 1 unspecified atom stereocenters. The van der Waals surface area contributed by atoms with E-state index < -0.39 is 11.3 Å². The van der Waals surface area contributed by atoms with Gasteiger partial charge in [0, 0.05) is 61.7 Å². The molecular weight excluding hydrogens is 525 g/mol. The summed E-state index contributed by atoms with van der Waals surface area (Å²) in [6.07, 6.45) is -1.68. The first-order valence-electron chi connectivity index (χ1n) is 12.0. The number of alkyl halides is 3. The van der Waals surface area contributed by atoms with Crippen molar-refractivity contribution in [3.8, 4) is 17.6 Å². The van der Waals surface area contributed by atoms with Gasteiger partial charge >= 0.3 is 18.2 Å². The van der Waals surface area contributed by atoms with E-state index in [1.165, 1.54) is 25.4 Å². The van der Waals surface area contributed by atoms with Crippen LogP contribution in [0.2, 0.25) is 0 Å². The Hall–Kier alpha value is -4.34. The Balaban J connectivity index is 1.15. The molecule has 1 N–H and O–H groups in total. The normalized spacial score (nSPS) is 17.4. The molecule has 1 atom stereocenters. The maximum absolute atomic E-state index is 12.4. The molecule has 13 nitrogen and oxygen atoms in total. The molecule has 2 aliphatic rings. The van der Waals surface area contributed by atoms with Gasteiger partial charge in [-0.05, 0) is 29.2 Å². The summed E-state index contributed by atoms with van der Waals surface area (Å²) >= 11 is 0. The zero-order valence-electron chi connectivity index (χ0n) is 20.8. The number of hydrogen-bond donors (Lipinski definition) is 1. The van der Waals surface area contributed by atoms with Gasteiger partial charge in [-0.15, -0.1) is 13.2 Å². The van der Waals surface area contributed by atoms with Crippen molar-refractivity contribution in [1.29, 1.82) is 0 Å². The van der Waals surface area contributed by atoms with Crippen molar-refractivity contribution >= 4 is 17.5 Å². The Morgan fingerprint density at radius 3 is 2.54 bits per heavy atom. The van der Waals surface area contributed by atoms with E-state index in [0.29, 0.717) is 57.7 Å². The smallest absolute Gasteiger partial charge is 0.481 e. The summed E-state index contributed by atoms with van der Waals surface area (Å²) in [5.41, 5.74) is 1.54. The summed E-state index contributed by atoms with van der Waals surface area (Å²) in [6, 6.07) is 5.91. The van der Waals surface area contributed by atoms with Crippen LogP contribution < -0.4 is 29.3 Å². The molecule has 4 heterocycles. The lowest BCUT2D eigenvalue weighted by molar-refractivity contribution is -0.389. The van der Waals surface area contributed by atoms with E-state index in [4.69, 9.17) is 9.47 Å². The van der Waals surface area contributed by atoms with E-state index in [9.17, 15) is 23.3 Å². The predicted octanol–water partition coefficient (Wildman–Crippen LogP) is 2.37. The number of hydrogen-bond acceptors (Lipinski definition) is 11. The van der Waals surface area contributed by atoms with Crippen LogP contribution in [0.3, 0.4) is 0 Å². The van der Waals surface area contributed by atoms with Gasteiger partial charge in [0.15, 0.2) is 0 Å². The minimum atomic E-state index is -4.72. The molecule has 0 aliphatic carbocycles. The average Bonchev–Trinajstić information content (AvgIpc) is 3.36. The number of anilines is 2. The van der Waals surface area contributed by atoms with Crippen molar-refractivity contribution in [3.63, 3.8) is 0 Å². The Morgan fingerprint density at radius 2 is 1.87 bits per heavy atom. The molecule has 2 aromatic heterocycles. The maximum Gasteiger partial charge on any atom is 0.573 e. The molecule has 208 valence electrons. The molecule has 5 rings (SSSR count). The molecule has 0 radical (unpaired) electrons. The number of imidazole rings is 1. The number of nitrogens with one attached hydrogen (secondary N) is 1. The molecule has 0 amide bonds. The van der Waals surface area contributed by atoms with Crippen LogP contribution in [0.4, 0.5) is 30.6 Å². The quantitative estimate of drug-likeness (QED) is 0.327. The van der Waals surface area contributed by atoms with E-state index in [-0.39, 0.29) is 23.6 Å². The summed E-state index contributed by atoms with van der Waals surface area (Å²) in [6.45, 7) is 3.64. The Morgan fingerprint density at radius 1 is 1.15 bits per heavy atom. The van der Waals surface area contributed by atoms with Crippen molar-refractivity contribution in [2.75, 3.05) is 49.7 Å². The number of methoxy groups -OCH3 is 1. The lowest BCUT2D eigenvalue weighted by atomic mass is 10.2. The highest BCUT2D eigenvalue weighted by atomic mass is 19.4. The molecule has 0 bridgehead atoms. The molecule has 0 saturated carbocycles. The Labute approximate surface area is 220 Å². The number of benzene rings is 1. The number of piperazine rings is 1. The number of nitrogens with zero attached hydrogens (tertiary/aromatic N) is 7. The van der Waals surface area contributed by atoms with E-state index >= 15 is 0 Å². The van der Waals surface area contributed by atoms with Crippen LogP contribution >= 0.6 is 0 Å². The molecule has 0 spiro atoms. The van der Waals surface area contributed by atoms with Crippen LogP contribution in [0.1, 0.15) is 5.56 Å². The molecule has 1 saturated heterocycles. The average molecular weight is 550 g/mol. The summed E-state index contributed by atoms with van der Waals surface area (Å²) < 4.78 is 53.7. The molecule has 1 fully saturated rings. The highest BCUT2D eigenvalue weighted by molar-refractivity contribution is 5.51. The molecule has 39 heavy (non-hydrogen) atoms. The fraction of sp³-hybridized carbons (Fsp3) is 0.435. The summed E-state index contributed by atoms with van der Waals surface area (Å²) in [7, 11) is 1.53.